The molecule has 7 nitrogen and oxygen atoms in total. The molecule has 7 heteroatoms. The molecule has 1 heterocycles. The highest BCUT2D eigenvalue weighted by atomic mass is 16.5. The smallest absolute Gasteiger partial charge is 0.295 e. The molecule has 204 valence electrons. The number of aliphatic hydroxyl groups is 1. The number of methoxy groups -OCH3 is 1. The van der Waals surface area contributed by atoms with Gasteiger partial charge in [-0.3, -0.25) is 9.59 Å². The lowest BCUT2D eigenvalue weighted by Crippen LogP contribution is -2.29. The maximum Gasteiger partial charge on any atom is 0.295 e. The fraction of sp³-hybridized carbons (Fsp3) is 0.312. The van der Waals surface area contributed by atoms with Crippen molar-refractivity contribution < 1.29 is 28.9 Å². The van der Waals surface area contributed by atoms with Gasteiger partial charge in [-0.1, -0.05) is 50.2 Å². The Morgan fingerprint density at radius 1 is 0.897 bits per heavy atom. The number of hydrogen-bond donors (Lipinski definition) is 1. The van der Waals surface area contributed by atoms with E-state index in [-0.39, 0.29) is 24.0 Å². The van der Waals surface area contributed by atoms with Gasteiger partial charge >= 0.3 is 0 Å². The lowest BCUT2D eigenvalue weighted by atomic mass is 9.95. The van der Waals surface area contributed by atoms with Gasteiger partial charge in [0.15, 0.2) is 0 Å². The molecular weight excluding hydrogens is 494 g/mol. The highest BCUT2D eigenvalue weighted by molar-refractivity contribution is 6.46. The summed E-state index contributed by atoms with van der Waals surface area (Å²) in [5.74, 6) is 0.461. The summed E-state index contributed by atoms with van der Waals surface area (Å²) < 4.78 is 17.1. The number of nitrogens with zero attached hydrogens (tertiary/aromatic N) is 1. The molecule has 1 saturated heterocycles. The Hall–Kier alpha value is -4.26. The van der Waals surface area contributed by atoms with Gasteiger partial charge in [-0.05, 0) is 67.3 Å². The first-order valence-electron chi connectivity index (χ1n) is 13.1. The summed E-state index contributed by atoms with van der Waals surface area (Å²) in [5.41, 5.74) is 1.86. The number of ether oxygens (including phenoxy) is 3. The van der Waals surface area contributed by atoms with Crippen LogP contribution < -0.4 is 14.2 Å². The van der Waals surface area contributed by atoms with Crippen LogP contribution in [-0.4, -0.2) is 41.5 Å². The summed E-state index contributed by atoms with van der Waals surface area (Å²) in [4.78, 5) is 28.4. The van der Waals surface area contributed by atoms with Crippen LogP contribution in [0.1, 0.15) is 50.4 Å². The third-order valence-corrected chi connectivity index (χ3v) is 6.26. The molecule has 4 rings (SSSR count). The van der Waals surface area contributed by atoms with Gasteiger partial charge in [-0.25, -0.2) is 0 Å². The van der Waals surface area contributed by atoms with Gasteiger partial charge in [0.25, 0.3) is 11.7 Å². The van der Waals surface area contributed by atoms with Crippen molar-refractivity contribution in [2.24, 2.45) is 5.92 Å². The van der Waals surface area contributed by atoms with E-state index in [1.807, 2.05) is 58.0 Å². The topological polar surface area (TPSA) is 85.3 Å². The first-order valence-corrected chi connectivity index (χ1v) is 13.1. The second-order valence-corrected chi connectivity index (χ2v) is 10.3. The van der Waals surface area contributed by atoms with Gasteiger partial charge in [0.2, 0.25) is 0 Å². The Morgan fingerprint density at radius 2 is 1.59 bits per heavy atom. The number of hydrogen-bond acceptors (Lipinski definition) is 6. The van der Waals surface area contributed by atoms with E-state index in [4.69, 9.17) is 14.2 Å². The quantitative estimate of drug-likeness (QED) is 0.193. The van der Waals surface area contributed by atoms with Crippen molar-refractivity contribution in [3.8, 4) is 17.2 Å². The molecule has 1 fully saturated rings. The van der Waals surface area contributed by atoms with Crippen molar-refractivity contribution in [3.05, 3.63) is 95.1 Å². The zero-order chi connectivity index (χ0) is 28.1. The number of benzene rings is 3. The Bertz CT molecular complexity index is 1380. The summed E-state index contributed by atoms with van der Waals surface area (Å²) in [5, 5.41) is 11.5. The average molecular weight is 530 g/mol. The normalized spacial score (nSPS) is 16.7. The predicted molar refractivity (Wildman–Crippen MR) is 150 cm³/mol. The zero-order valence-electron chi connectivity index (χ0n) is 23.0. The molecule has 0 spiro atoms. The van der Waals surface area contributed by atoms with E-state index in [0.29, 0.717) is 40.9 Å². The number of carbonyl (C=O) groups is 2. The molecule has 0 radical (unpaired) electrons. The molecular formula is C32H35NO6. The molecule has 1 amide bonds. The maximum absolute atomic E-state index is 13.5. The van der Waals surface area contributed by atoms with E-state index >= 15 is 0 Å². The van der Waals surface area contributed by atoms with E-state index in [0.717, 1.165) is 5.56 Å². The van der Waals surface area contributed by atoms with Gasteiger partial charge in [0, 0.05) is 12.1 Å². The molecule has 3 aromatic rings. The van der Waals surface area contributed by atoms with Crippen LogP contribution in [0.3, 0.4) is 0 Å². The predicted octanol–water partition coefficient (Wildman–Crippen LogP) is 6.14. The van der Waals surface area contributed by atoms with Crippen LogP contribution in [0.5, 0.6) is 17.2 Å². The molecule has 0 aromatic heterocycles. The van der Waals surface area contributed by atoms with Crippen molar-refractivity contribution in [3.63, 3.8) is 0 Å². The standard InChI is InChI=1S/C32H35NO6/c1-20(2)19-38-26-13-8-11-24(17-26)30(34)28-29(23-10-7-12-25(16-23)37-5)33(32(36)31(28)35)18-22-9-6-14-27(15-22)39-21(3)4/h6-17,20-21,29,34H,18-19H2,1-5H3/b30-28-. The van der Waals surface area contributed by atoms with Gasteiger partial charge in [0.05, 0.1) is 31.4 Å². The SMILES string of the molecule is COc1cccc(C2/C(=C(/O)c3cccc(OCC(C)C)c3)C(=O)C(=O)N2Cc2cccc(OC(C)C)c2)c1. The largest absolute Gasteiger partial charge is 0.507 e. The molecule has 0 aliphatic carbocycles. The highest BCUT2D eigenvalue weighted by Crippen LogP contribution is 2.41. The van der Waals surface area contributed by atoms with Crippen LogP contribution in [0.2, 0.25) is 0 Å². The third kappa shape index (κ3) is 6.42. The third-order valence-electron chi connectivity index (χ3n) is 6.26. The van der Waals surface area contributed by atoms with Crippen LogP contribution in [0, 0.1) is 5.92 Å². The maximum atomic E-state index is 13.5. The Balaban J connectivity index is 1.79. The molecule has 1 atom stereocenters. The van der Waals surface area contributed by atoms with Gasteiger partial charge in [-0.2, -0.15) is 0 Å². The first kappa shape index (κ1) is 27.8. The van der Waals surface area contributed by atoms with Crippen molar-refractivity contribution in [1.82, 2.24) is 4.90 Å². The van der Waals surface area contributed by atoms with Crippen LogP contribution >= 0.6 is 0 Å². The Kier molecular flexibility index (Phi) is 8.59. The zero-order valence-corrected chi connectivity index (χ0v) is 23.0. The molecule has 0 bridgehead atoms. The van der Waals surface area contributed by atoms with E-state index < -0.39 is 17.7 Å². The van der Waals surface area contributed by atoms with E-state index in [1.165, 1.54) is 4.90 Å². The van der Waals surface area contributed by atoms with E-state index in [9.17, 15) is 14.7 Å². The van der Waals surface area contributed by atoms with Crippen molar-refractivity contribution >= 4 is 17.4 Å². The second-order valence-electron chi connectivity index (χ2n) is 10.3. The number of Topliss-reactive ketones (excluding diaryl/α,β-unsaturated/α-hetero) is 1. The van der Waals surface area contributed by atoms with E-state index in [1.54, 1.807) is 49.6 Å². The summed E-state index contributed by atoms with van der Waals surface area (Å²) >= 11 is 0. The molecule has 1 aliphatic heterocycles. The Labute approximate surface area is 229 Å². The highest BCUT2D eigenvalue weighted by Gasteiger charge is 2.46. The van der Waals surface area contributed by atoms with E-state index in [2.05, 4.69) is 0 Å². The van der Waals surface area contributed by atoms with Crippen LogP contribution in [0.25, 0.3) is 5.76 Å². The monoisotopic (exact) mass is 529 g/mol. The number of rotatable bonds is 10. The van der Waals surface area contributed by atoms with Gasteiger partial charge in [0.1, 0.15) is 23.0 Å². The lowest BCUT2D eigenvalue weighted by Gasteiger charge is -2.26. The fourth-order valence-corrected chi connectivity index (χ4v) is 4.54. The van der Waals surface area contributed by atoms with Crippen LogP contribution in [0.15, 0.2) is 78.4 Å². The van der Waals surface area contributed by atoms with Crippen molar-refractivity contribution in [2.45, 2.75) is 46.4 Å². The summed E-state index contributed by atoms with van der Waals surface area (Å²) in [6, 6.07) is 20.7. The number of amides is 1. The molecule has 1 unspecified atom stereocenters. The molecule has 3 aromatic carbocycles. The average Bonchev–Trinajstić information content (AvgIpc) is 3.16. The fourth-order valence-electron chi connectivity index (χ4n) is 4.54. The molecule has 0 saturated carbocycles. The van der Waals surface area contributed by atoms with Crippen LogP contribution in [-0.2, 0) is 16.1 Å². The Morgan fingerprint density at radius 3 is 2.31 bits per heavy atom. The number of likely N-dealkylation sites (tertiary alicyclic amines) is 1. The summed E-state index contributed by atoms with van der Waals surface area (Å²) in [7, 11) is 1.55. The minimum atomic E-state index is -0.824. The van der Waals surface area contributed by atoms with Crippen molar-refractivity contribution in [2.75, 3.05) is 13.7 Å². The van der Waals surface area contributed by atoms with Crippen LogP contribution in [0.4, 0.5) is 0 Å². The number of carbonyl (C=O) groups excluding carboxylic acids is 2. The number of aliphatic hydroxyl groups excluding tert-OH is 1. The minimum Gasteiger partial charge on any atom is -0.507 e. The van der Waals surface area contributed by atoms with Gasteiger partial charge < -0.3 is 24.2 Å². The molecule has 1 aliphatic rings. The van der Waals surface area contributed by atoms with Gasteiger partial charge in [-0.15, -0.1) is 0 Å². The first-order chi connectivity index (χ1) is 18.7. The summed E-state index contributed by atoms with van der Waals surface area (Å²) in [6.07, 6.45) is -0.00783. The second kappa shape index (κ2) is 12.1. The lowest BCUT2D eigenvalue weighted by molar-refractivity contribution is -0.140. The summed E-state index contributed by atoms with van der Waals surface area (Å²) in [6.45, 7) is 8.63. The van der Waals surface area contributed by atoms with Crippen molar-refractivity contribution in [1.29, 1.82) is 0 Å². The number of ketones is 1. The minimum absolute atomic E-state index is 0.00783. The molecule has 39 heavy (non-hydrogen) atoms. The molecule has 1 N–H and O–H groups in total.